The molecule has 0 aromatic rings. The number of ketones is 4. The molecule has 0 aliphatic carbocycles. The molecule has 0 rings (SSSR count). The molecule has 4 N–H and O–H groups in total. The molecular weight excluding hydrogens is 353 g/mol. The second-order valence-electron chi connectivity index (χ2n) is 3.71. The van der Waals surface area contributed by atoms with Gasteiger partial charge >= 0.3 is 35.5 Å². The molecule has 0 aromatic heterocycles. The summed E-state index contributed by atoms with van der Waals surface area (Å²) in [6.45, 7) is 2.17. The van der Waals surface area contributed by atoms with Crippen molar-refractivity contribution in [3.05, 3.63) is 0 Å². The van der Waals surface area contributed by atoms with Gasteiger partial charge in [-0.2, -0.15) is 26.3 Å². The van der Waals surface area contributed by atoms with Crippen LogP contribution < -0.4 is 0 Å². The van der Waals surface area contributed by atoms with Crippen LogP contribution in [0.4, 0.5) is 26.3 Å². The van der Waals surface area contributed by atoms with Gasteiger partial charge in [-0.25, -0.2) is 0 Å². The van der Waals surface area contributed by atoms with Gasteiger partial charge < -0.3 is 0 Å². The fourth-order valence-electron chi connectivity index (χ4n) is 0.685. The number of halogens is 6. The molecule has 0 saturated heterocycles. The zero-order valence-corrected chi connectivity index (χ0v) is 12.0. The monoisotopic (exact) mass is 367 g/mol. The fourth-order valence-corrected chi connectivity index (χ4v) is 0.685. The van der Waals surface area contributed by atoms with Crippen molar-refractivity contribution in [1.29, 1.82) is 0 Å². The first-order valence-corrected chi connectivity index (χ1v) is 4.94. The molecule has 0 aliphatic heterocycles. The summed E-state index contributed by atoms with van der Waals surface area (Å²) in [5.74, 6) is -4.27. The first kappa shape index (κ1) is 24.8. The summed E-state index contributed by atoms with van der Waals surface area (Å²) in [6.07, 6.45) is -11.1. The summed E-state index contributed by atoms with van der Waals surface area (Å²) in [6, 6.07) is 0. The molecule has 0 unspecified atom stereocenters. The Morgan fingerprint density at radius 1 is 0.667 bits per heavy atom. The van der Waals surface area contributed by atoms with Crippen molar-refractivity contribution < 1.29 is 62.6 Å². The molecule has 0 fully saturated rings. The van der Waals surface area contributed by atoms with Gasteiger partial charge in [-0.3, -0.25) is 19.2 Å². The topological polar surface area (TPSA) is 85.6 Å². The van der Waals surface area contributed by atoms with Gasteiger partial charge in [-0.15, -0.1) is 0 Å². The third kappa shape index (κ3) is 15.0. The first-order valence-electron chi connectivity index (χ1n) is 4.94. The number of carbonyl (C=O) groups excluding carboxylic acids is 4. The van der Waals surface area contributed by atoms with Crippen molar-refractivity contribution in [3.8, 4) is 0 Å². The summed E-state index contributed by atoms with van der Waals surface area (Å²) in [5, 5.41) is 0. The molecule has 21 heavy (non-hydrogen) atoms. The summed E-state index contributed by atoms with van der Waals surface area (Å²) >= 11 is 0. The Labute approximate surface area is 125 Å². The van der Waals surface area contributed by atoms with Crippen LogP contribution in [0.1, 0.15) is 26.7 Å². The third-order valence-corrected chi connectivity index (χ3v) is 1.50. The van der Waals surface area contributed by atoms with Crippen molar-refractivity contribution in [2.24, 2.45) is 0 Å². The van der Waals surface area contributed by atoms with E-state index < -0.39 is 48.3 Å². The quantitative estimate of drug-likeness (QED) is 0.315. The van der Waals surface area contributed by atoms with E-state index in [1.165, 1.54) is 0 Å². The summed E-state index contributed by atoms with van der Waals surface area (Å²) in [7, 11) is 0. The molecule has 0 saturated carbocycles. The van der Waals surface area contributed by atoms with Gasteiger partial charge in [0.2, 0.25) is 0 Å². The van der Waals surface area contributed by atoms with E-state index in [4.69, 9.17) is 19.2 Å². The molecule has 0 aliphatic rings. The number of alkyl halides is 6. The predicted molar refractivity (Wildman–Crippen MR) is 60.5 cm³/mol. The molecular formula is C10H14F6MnO4+4. The number of hydrogen-bond acceptors (Lipinski definition) is 0. The van der Waals surface area contributed by atoms with Crippen LogP contribution in [-0.4, -0.2) is 54.7 Å². The molecule has 1 radical (unpaired) electrons. The minimum atomic E-state index is -4.72. The largest absolute Gasteiger partial charge is 0.505 e. The standard InChI is InChI=1S/2C5H5F3O2.Mn/c2*1-3(9)2-4(10)5(6,7)8;/h2*2H2,1H3;/p+4. The Bertz CT molecular complexity index is 361. The van der Waals surface area contributed by atoms with Gasteiger partial charge in [-0.05, 0) is 0 Å². The third-order valence-electron chi connectivity index (χ3n) is 1.50. The van der Waals surface area contributed by atoms with E-state index in [0.717, 1.165) is 13.8 Å². The van der Waals surface area contributed by atoms with Crippen molar-refractivity contribution >= 4 is 23.1 Å². The zero-order chi connectivity index (χ0) is 16.7. The van der Waals surface area contributed by atoms with E-state index in [1.807, 2.05) is 0 Å². The minimum Gasteiger partial charge on any atom is -0.283 e. The van der Waals surface area contributed by atoms with E-state index in [9.17, 15) is 26.3 Å². The maximum absolute atomic E-state index is 11.4. The van der Waals surface area contributed by atoms with Crippen molar-refractivity contribution in [1.82, 2.24) is 0 Å². The SMILES string of the molecule is CC(=[OH+])CC(=[OH+])C(F)(F)F.CC(=[OH+])CC(=[OH+])C(F)(F)F.[Mn]. The summed E-state index contributed by atoms with van der Waals surface area (Å²) < 4.78 is 68.4. The number of hydrogen-bond donors (Lipinski definition) is 0. The second-order valence-corrected chi connectivity index (χ2v) is 3.71. The summed E-state index contributed by atoms with van der Waals surface area (Å²) in [4.78, 5) is 33.0. The molecule has 4 nitrogen and oxygen atoms in total. The Morgan fingerprint density at radius 3 is 0.905 bits per heavy atom. The van der Waals surface area contributed by atoms with Crippen LogP contribution >= 0.6 is 0 Å². The Balaban J connectivity index is -0.000000295. The van der Waals surface area contributed by atoms with Crippen LogP contribution in [0, 0.1) is 0 Å². The predicted octanol–water partition coefficient (Wildman–Crippen LogP) is 2.09. The molecule has 123 valence electrons. The van der Waals surface area contributed by atoms with Gasteiger partial charge in [-0.1, -0.05) is 0 Å². The van der Waals surface area contributed by atoms with Crippen LogP contribution in [0.5, 0.6) is 0 Å². The van der Waals surface area contributed by atoms with Gasteiger partial charge in [0.05, 0.1) is 0 Å². The first-order chi connectivity index (χ1) is 8.67. The van der Waals surface area contributed by atoms with Crippen molar-refractivity contribution in [3.63, 3.8) is 0 Å². The zero-order valence-electron chi connectivity index (χ0n) is 10.8. The maximum atomic E-state index is 11.4. The fraction of sp³-hybridized carbons (Fsp3) is 0.600. The minimum absolute atomic E-state index is 0. The van der Waals surface area contributed by atoms with E-state index in [-0.39, 0.29) is 17.1 Å². The Morgan fingerprint density at radius 2 is 0.857 bits per heavy atom. The van der Waals surface area contributed by atoms with Gasteiger partial charge in [0.25, 0.3) is 0 Å². The second kappa shape index (κ2) is 9.67. The molecule has 0 atom stereocenters. The molecule has 11 heteroatoms. The Kier molecular flexibility index (Phi) is 11.4. The van der Waals surface area contributed by atoms with Gasteiger partial charge in [0.15, 0.2) is 12.8 Å². The average molecular weight is 367 g/mol. The van der Waals surface area contributed by atoms with Crippen molar-refractivity contribution in [2.75, 3.05) is 0 Å². The average Bonchev–Trinajstić information content (AvgIpc) is 2.13. The van der Waals surface area contributed by atoms with Gasteiger partial charge in [0.1, 0.15) is 0 Å². The van der Waals surface area contributed by atoms with E-state index in [0.29, 0.717) is 0 Å². The summed E-state index contributed by atoms with van der Waals surface area (Å²) in [5.41, 5.74) is 0. The molecule has 0 bridgehead atoms. The smallest absolute Gasteiger partial charge is 0.283 e. The Hall–Kier alpha value is -1.22. The molecule has 0 amide bonds. The van der Waals surface area contributed by atoms with Crippen LogP contribution in [0.15, 0.2) is 0 Å². The normalized spacial score (nSPS) is 10.7. The van der Waals surface area contributed by atoms with Crippen LogP contribution in [0.3, 0.4) is 0 Å². The molecule has 0 aromatic carbocycles. The van der Waals surface area contributed by atoms with Crippen LogP contribution in [0.25, 0.3) is 0 Å². The molecule has 0 spiro atoms. The van der Waals surface area contributed by atoms with Gasteiger partial charge in [0, 0.05) is 30.9 Å². The van der Waals surface area contributed by atoms with E-state index >= 15 is 0 Å². The van der Waals surface area contributed by atoms with E-state index in [1.54, 1.807) is 0 Å². The maximum Gasteiger partial charge on any atom is 0.505 e. The van der Waals surface area contributed by atoms with Crippen LogP contribution in [-0.2, 0) is 17.1 Å². The van der Waals surface area contributed by atoms with E-state index in [2.05, 4.69) is 0 Å². The van der Waals surface area contributed by atoms with Crippen LogP contribution in [0.2, 0.25) is 0 Å². The number of rotatable bonds is 4. The van der Waals surface area contributed by atoms with Crippen molar-refractivity contribution in [2.45, 2.75) is 39.0 Å². The molecule has 0 heterocycles.